The van der Waals surface area contributed by atoms with Crippen molar-refractivity contribution in [1.82, 2.24) is 10.3 Å². The average molecular weight is 235 g/mol. The van der Waals surface area contributed by atoms with E-state index in [-0.39, 0.29) is 5.41 Å². The van der Waals surface area contributed by atoms with Crippen molar-refractivity contribution >= 4 is 5.69 Å². The summed E-state index contributed by atoms with van der Waals surface area (Å²) in [5, 5.41) is 3.55. The predicted molar refractivity (Wildman–Crippen MR) is 73.9 cm³/mol. The van der Waals surface area contributed by atoms with E-state index >= 15 is 0 Å². The van der Waals surface area contributed by atoms with Crippen LogP contribution < -0.4 is 11.1 Å². The number of pyridine rings is 1. The molecule has 96 valence electrons. The van der Waals surface area contributed by atoms with Gasteiger partial charge in [-0.15, -0.1) is 0 Å². The Morgan fingerprint density at radius 1 is 1.41 bits per heavy atom. The molecule has 1 heterocycles. The van der Waals surface area contributed by atoms with Crippen LogP contribution in [0.4, 0.5) is 5.69 Å². The highest BCUT2D eigenvalue weighted by Crippen LogP contribution is 2.24. The first-order chi connectivity index (χ1) is 7.95. The standard InChI is InChI=1S/C14H25N3/c1-5-17-13(14(2,3)4)7-6-11-10-16-9-8-12(11)15/h8-10,13,17H,5-7H2,1-4H3,(H2,15,16). The molecule has 0 radical (unpaired) electrons. The van der Waals surface area contributed by atoms with Crippen molar-refractivity contribution in [2.45, 2.75) is 46.6 Å². The smallest absolute Gasteiger partial charge is 0.0377 e. The second-order valence-corrected chi connectivity index (χ2v) is 5.59. The number of hydrogen-bond acceptors (Lipinski definition) is 3. The molecule has 0 aliphatic carbocycles. The fourth-order valence-corrected chi connectivity index (χ4v) is 2.03. The fourth-order valence-electron chi connectivity index (χ4n) is 2.03. The van der Waals surface area contributed by atoms with E-state index < -0.39 is 0 Å². The minimum atomic E-state index is 0.271. The topological polar surface area (TPSA) is 50.9 Å². The van der Waals surface area contributed by atoms with Crippen molar-refractivity contribution in [3.8, 4) is 0 Å². The van der Waals surface area contributed by atoms with Crippen LogP contribution in [0.3, 0.4) is 0 Å². The number of nitrogens with zero attached hydrogens (tertiary/aromatic N) is 1. The number of nitrogen functional groups attached to an aromatic ring is 1. The lowest BCUT2D eigenvalue weighted by atomic mass is 9.83. The normalized spacial score (nSPS) is 13.6. The summed E-state index contributed by atoms with van der Waals surface area (Å²) >= 11 is 0. The number of aromatic nitrogens is 1. The van der Waals surface area contributed by atoms with Gasteiger partial charge in [0.15, 0.2) is 0 Å². The van der Waals surface area contributed by atoms with E-state index in [4.69, 9.17) is 5.73 Å². The van der Waals surface area contributed by atoms with Gasteiger partial charge in [-0.2, -0.15) is 0 Å². The molecule has 0 amide bonds. The van der Waals surface area contributed by atoms with Gasteiger partial charge in [0, 0.05) is 24.1 Å². The first-order valence-corrected chi connectivity index (χ1v) is 6.37. The first kappa shape index (κ1) is 14.0. The van der Waals surface area contributed by atoms with Crippen LogP contribution in [0, 0.1) is 5.41 Å². The SMILES string of the molecule is CCNC(CCc1cnccc1N)C(C)(C)C. The predicted octanol–water partition coefficient (Wildman–Crippen LogP) is 2.62. The lowest BCUT2D eigenvalue weighted by molar-refractivity contribution is 0.258. The van der Waals surface area contributed by atoms with E-state index in [2.05, 4.69) is 38.0 Å². The second-order valence-electron chi connectivity index (χ2n) is 5.59. The maximum absolute atomic E-state index is 5.93. The minimum Gasteiger partial charge on any atom is -0.398 e. The highest BCUT2D eigenvalue weighted by molar-refractivity contribution is 5.44. The number of hydrogen-bond donors (Lipinski definition) is 2. The van der Waals surface area contributed by atoms with Crippen molar-refractivity contribution in [2.24, 2.45) is 5.41 Å². The van der Waals surface area contributed by atoms with Crippen LogP contribution >= 0.6 is 0 Å². The molecule has 1 atom stereocenters. The van der Waals surface area contributed by atoms with E-state index in [1.54, 1.807) is 6.20 Å². The van der Waals surface area contributed by atoms with Gasteiger partial charge in [-0.25, -0.2) is 0 Å². The van der Waals surface area contributed by atoms with E-state index in [0.717, 1.165) is 30.6 Å². The molecule has 0 aromatic carbocycles. The Kier molecular flexibility index (Phi) is 4.94. The quantitative estimate of drug-likeness (QED) is 0.825. The molecule has 1 aromatic rings. The summed E-state index contributed by atoms with van der Waals surface area (Å²) in [4.78, 5) is 4.13. The van der Waals surface area contributed by atoms with E-state index in [9.17, 15) is 0 Å². The van der Waals surface area contributed by atoms with Crippen molar-refractivity contribution in [2.75, 3.05) is 12.3 Å². The second kappa shape index (κ2) is 6.01. The molecule has 0 saturated heterocycles. The number of aryl methyl sites for hydroxylation is 1. The van der Waals surface area contributed by atoms with Crippen molar-refractivity contribution < 1.29 is 0 Å². The maximum Gasteiger partial charge on any atom is 0.0377 e. The monoisotopic (exact) mass is 235 g/mol. The summed E-state index contributed by atoms with van der Waals surface area (Å²) in [6.07, 6.45) is 5.69. The largest absolute Gasteiger partial charge is 0.398 e. The third kappa shape index (κ3) is 4.35. The Balaban J connectivity index is 2.61. The van der Waals surface area contributed by atoms with Crippen molar-refractivity contribution in [1.29, 1.82) is 0 Å². The van der Waals surface area contributed by atoms with Gasteiger partial charge < -0.3 is 11.1 Å². The summed E-state index contributed by atoms with van der Waals surface area (Å²) in [6, 6.07) is 2.38. The van der Waals surface area contributed by atoms with Crippen LogP contribution in [0.2, 0.25) is 0 Å². The third-order valence-corrected chi connectivity index (χ3v) is 3.14. The van der Waals surface area contributed by atoms with Gasteiger partial charge in [-0.1, -0.05) is 27.7 Å². The van der Waals surface area contributed by atoms with Gasteiger partial charge in [0.25, 0.3) is 0 Å². The molecule has 1 aromatic heterocycles. The molecule has 0 fully saturated rings. The van der Waals surface area contributed by atoms with E-state index in [0.29, 0.717) is 6.04 Å². The molecule has 1 unspecified atom stereocenters. The number of nitrogens with two attached hydrogens (primary N) is 1. The Labute approximate surface area is 105 Å². The third-order valence-electron chi connectivity index (χ3n) is 3.14. The summed E-state index contributed by atoms with van der Waals surface area (Å²) in [7, 11) is 0. The Hall–Kier alpha value is -1.09. The lowest BCUT2D eigenvalue weighted by Crippen LogP contribution is -2.40. The molecular weight excluding hydrogens is 210 g/mol. The molecule has 3 nitrogen and oxygen atoms in total. The molecule has 1 rings (SSSR count). The van der Waals surface area contributed by atoms with Gasteiger partial charge in [-0.3, -0.25) is 4.98 Å². The summed E-state index contributed by atoms with van der Waals surface area (Å²) in [5.74, 6) is 0. The zero-order valence-corrected chi connectivity index (χ0v) is 11.5. The Bertz CT molecular complexity index is 342. The number of anilines is 1. The summed E-state index contributed by atoms with van der Waals surface area (Å²) in [5.41, 5.74) is 8.20. The van der Waals surface area contributed by atoms with Gasteiger partial charge >= 0.3 is 0 Å². The fraction of sp³-hybridized carbons (Fsp3) is 0.643. The molecular formula is C14H25N3. The molecule has 3 heteroatoms. The zero-order valence-electron chi connectivity index (χ0n) is 11.5. The molecule has 17 heavy (non-hydrogen) atoms. The zero-order chi connectivity index (χ0) is 12.9. The highest BCUT2D eigenvalue weighted by Gasteiger charge is 2.23. The van der Waals surface area contributed by atoms with E-state index in [1.807, 2.05) is 12.3 Å². The van der Waals surface area contributed by atoms with Crippen LogP contribution in [-0.4, -0.2) is 17.6 Å². The van der Waals surface area contributed by atoms with Gasteiger partial charge in [-0.05, 0) is 36.4 Å². The van der Waals surface area contributed by atoms with Crippen LogP contribution in [0.5, 0.6) is 0 Å². The maximum atomic E-state index is 5.93. The molecule has 0 bridgehead atoms. The van der Waals surface area contributed by atoms with Crippen LogP contribution in [-0.2, 0) is 6.42 Å². The molecule has 0 spiro atoms. The molecule has 0 aliphatic heterocycles. The molecule has 3 N–H and O–H groups in total. The number of nitrogens with one attached hydrogen (secondary N) is 1. The van der Waals surface area contributed by atoms with Crippen LogP contribution in [0.15, 0.2) is 18.5 Å². The Morgan fingerprint density at radius 2 is 2.12 bits per heavy atom. The summed E-state index contributed by atoms with van der Waals surface area (Å²) in [6.45, 7) is 9.97. The summed E-state index contributed by atoms with van der Waals surface area (Å²) < 4.78 is 0. The van der Waals surface area contributed by atoms with Crippen molar-refractivity contribution in [3.05, 3.63) is 24.0 Å². The molecule has 0 aliphatic rings. The van der Waals surface area contributed by atoms with Crippen molar-refractivity contribution in [3.63, 3.8) is 0 Å². The Morgan fingerprint density at radius 3 is 2.65 bits per heavy atom. The average Bonchev–Trinajstić information content (AvgIpc) is 2.24. The van der Waals surface area contributed by atoms with Gasteiger partial charge in [0.2, 0.25) is 0 Å². The van der Waals surface area contributed by atoms with Gasteiger partial charge in [0.05, 0.1) is 0 Å². The highest BCUT2D eigenvalue weighted by atomic mass is 14.9. The van der Waals surface area contributed by atoms with Gasteiger partial charge in [0.1, 0.15) is 0 Å². The lowest BCUT2D eigenvalue weighted by Gasteiger charge is -2.31. The molecule has 0 saturated carbocycles. The number of rotatable bonds is 5. The van der Waals surface area contributed by atoms with Crippen LogP contribution in [0.1, 0.15) is 39.7 Å². The first-order valence-electron chi connectivity index (χ1n) is 6.37. The minimum absolute atomic E-state index is 0.271. The van der Waals surface area contributed by atoms with E-state index in [1.165, 1.54) is 0 Å². The van der Waals surface area contributed by atoms with Crippen LogP contribution in [0.25, 0.3) is 0 Å².